The second-order valence-electron chi connectivity index (χ2n) is 5.47. The van der Waals surface area contributed by atoms with Gasteiger partial charge in [-0.3, -0.25) is 4.68 Å². The molecule has 0 radical (unpaired) electrons. The Hall–Kier alpha value is -0.310. The van der Waals surface area contributed by atoms with Crippen LogP contribution >= 0.6 is 15.9 Å². The normalized spacial score (nSPS) is 29.5. The summed E-state index contributed by atoms with van der Waals surface area (Å²) < 4.78 is 1.91. The predicted octanol–water partition coefficient (Wildman–Crippen LogP) is 3.94. The molecule has 3 atom stereocenters. The highest BCUT2D eigenvalue weighted by Crippen LogP contribution is 2.37. The first kappa shape index (κ1) is 13.1. The second kappa shape index (κ2) is 6.03. The highest BCUT2D eigenvalue weighted by Gasteiger charge is 2.28. The average Bonchev–Trinajstić information content (AvgIpc) is 2.69. The Labute approximate surface area is 113 Å². The summed E-state index contributed by atoms with van der Waals surface area (Å²) in [6.07, 6.45) is 12.2. The highest BCUT2D eigenvalue weighted by atomic mass is 79.9. The molecule has 3 heteroatoms. The van der Waals surface area contributed by atoms with Crippen LogP contribution < -0.4 is 0 Å². The zero-order valence-corrected chi connectivity index (χ0v) is 12.5. The SMILES string of the molecule is CCCC1CCC(Br)C(Cc2cnn(C)c2)C1. The summed E-state index contributed by atoms with van der Waals surface area (Å²) in [5.74, 6) is 1.75. The molecule has 1 aromatic heterocycles. The van der Waals surface area contributed by atoms with E-state index in [2.05, 4.69) is 34.1 Å². The fourth-order valence-electron chi connectivity index (χ4n) is 3.09. The van der Waals surface area contributed by atoms with E-state index in [9.17, 15) is 0 Å². The van der Waals surface area contributed by atoms with Crippen LogP contribution in [0, 0.1) is 11.8 Å². The number of halogens is 1. The summed E-state index contributed by atoms with van der Waals surface area (Å²) in [6.45, 7) is 2.30. The van der Waals surface area contributed by atoms with E-state index in [1.54, 1.807) is 0 Å². The summed E-state index contributed by atoms with van der Waals surface area (Å²) >= 11 is 3.87. The Morgan fingerprint density at radius 2 is 2.29 bits per heavy atom. The van der Waals surface area contributed by atoms with Gasteiger partial charge in [0.15, 0.2) is 0 Å². The van der Waals surface area contributed by atoms with Gasteiger partial charge in [0.2, 0.25) is 0 Å². The molecule has 1 aromatic rings. The maximum atomic E-state index is 4.26. The number of alkyl halides is 1. The number of hydrogen-bond donors (Lipinski definition) is 0. The summed E-state index contributed by atoms with van der Waals surface area (Å²) in [7, 11) is 2.00. The molecule has 0 aromatic carbocycles. The van der Waals surface area contributed by atoms with Crippen molar-refractivity contribution >= 4 is 15.9 Å². The van der Waals surface area contributed by atoms with E-state index in [0.717, 1.165) is 11.8 Å². The van der Waals surface area contributed by atoms with Crippen molar-refractivity contribution < 1.29 is 0 Å². The van der Waals surface area contributed by atoms with Crippen molar-refractivity contribution in [3.05, 3.63) is 18.0 Å². The van der Waals surface area contributed by atoms with E-state index in [0.29, 0.717) is 4.83 Å². The number of aromatic nitrogens is 2. The lowest BCUT2D eigenvalue weighted by atomic mass is 9.77. The van der Waals surface area contributed by atoms with Crippen molar-refractivity contribution in [3.8, 4) is 0 Å². The summed E-state index contributed by atoms with van der Waals surface area (Å²) in [4.78, 5) is 0.704. The standard InChI is InChI=1S/C14H23BrN2/c1-3-4-11-5-6-14(15)13(7-11)8-12-9-16-17(2)10-12/h9-11,13-14H,3-8H2,1-2H3. The van der Waals surface area contributed by atoms with Gasteiger partial charge in [0.25, 0.3) is 0 Å². The van der Waals surface area contributed by atoms with Crippen LogP contribution in [0.15, 0.2) is 12.4 Å². The number of rotatable bonds is 4. The minimum Gasteiger partial charge on any atom is -0.276 e. The molecule has 0 spiro atoms. The molecule has 17 heavy (non-hydrogen) atoms. The Morgan fingerprint density at radius 3 is 2.94 bits per heavy atom. The molecular formula is C14H23BrN2. The molecule has 2 rings (SSSR count). The molecule has 1 saturated carbocycles. The molecule has 96 valence electrons. The smallest absolute Gasteiger partial charge is 0.0521 e. The van der Waals surface area contributed by atoms with E-state index in [4.69, 9.17) is 0 Å². The van der Waals surface area contributed by atoms with Crippen LogP contribution in [0.4, 0.5) is 0 Å². The monoisotopic (exact) mass is 298 g/mol. The van der Waals surface area contributed by atoms with Crippen molar-refractivity contribution in [2.45, 2.75) is 50.3 Å². The molecule has 1 fully saturated rings. The van der Waals surface area contributed by atoms with Gasteiger partial charge in [-0.05, 0) is 43.1 Å². The van der Waals surface area contributed by atoms with Gasteiger partial charge in [0.1, 0.15) is 0 Å². The third kappa shape index (κ3) is 3.57. The van der Waals surface area contributed by atoms with Crippen LogP contribution in [0.2, 0.25) is 0 Å². The van der Waals surface area contributed by atoms with E-state index in [-0.39, 0.29) is 0 Å². The molecule has 0 N–H and O–H groups in total. The third-order valence-electron chi connectivity index (χ3n) is 3.95. The number of aryl methyl sites for hydroxylation is 1. The average molecular weight is 299 g/mol. The van der Waals surface area contributed by atoms with Crippen LogP contribution in [-0.2, 0) is 13.5 Å². The number of nitrogens with zero attached hydrogens (tertiary/aromatic N) is 2. The zero-order chi connectivity index (χ0) is 12.3. The lowest BCUT2D eigenvalue weighted by molar-refractivity contribution is 0.263. The lowest BCUT2D eigenvalue weighted by Gasteiger charge is -2.33. The third-order valence-corrected chi connectivity index (χ3v) is 5.16. The molecule has 0 aliphatic heterocycles. The predicted molar refractivity (Wildman–Crippen MR) is 75.4 cm³/mol. The fourth-order valence-corrected chi connectivity index (χ4v) is 3.75. The van der Waals surface area contributed by atoms with Gasteiger partial charge in [0, 0.05) is 18.1 Å². The van der Waals surface area contributed by atoms with E-state index in [1.807, 2.05) is 17.9 Å². The van der Waals surface area contributed by atoms with E-state index in [1.165, 1.54) is 44.1 Å². The van der Waals surface area contributed by atoms with Crippen LogP contribution in [-0.4, -0.2) is 14.6 Å². The second-order valence-corrected chi connectivity index (χ2v) is 6.65. The first-order valence-electron chi connectivity index (χ1n) is 6.80. The Balaban J connectivity index is 1.93. The van der Waals surface area contributed by atoms with Gasteiger partial charge in [-0.1, -0.05) is 35.7 Å². The maximum Gasteiger partial charge on any atom is 0.0521 e. The van der Waals surface area contributed by atoms with Gasteiger partial charge in [0.05, 0.1) is 6.20 Å². The highest BCUT2D eigenvalue weighted by molar-refractivity contribution is 9.09. The van der Waals surface area contributed by atoms with Crippen LogP contribution in [0.1, 0.15) is 44.6 Å². The van der Waals surface area contributed by atoms with Crippen LogP contribution in [0.3, 0.4) is 0 Å². The van der Waals surface area contributed by atoms with Gasteiger partial charge in [-0.15, -0.1) is 0 Å². The van der Waals surface area contributed by atoms with Crippen LogP contribution in [0.25, 0.3) is 0 Å². The van der Waals surface area contributed by atoms with Crippen molar-refractivity contribution in [1.82, 2.24) is 9.78 Å². The molecule has 1 heterocycles. The molecule has 0 bridgehead atoms. The minimum atomic E-state index is 0.704. The minimum absolute atomic E-state index is 0.704. The largest absolute Gasteiger partial charge is 0.276 e. The molecule has 1 aliphatic rings. The van der Waals surface area contributed by atoms with Gasteiger partial charge in [-0.25, -0.2) is 0 Å². The summed E-state index contributed by atoms with van der Waals surface area (Å²) in [6, 6.07) is 0. The van der Waals surface area contributed by atoms with E-state index < -0.39 is 0 Å². The van der Waals surface area contributed by atoms with Crippen molar-refractivity contribution in [1.29, 1.82) is 0 Å². The Kier molecular flexibility index (Phi) is 4.66. The zero-order valence-electron chi connectivity index (χ0n) is 10.9. The Bertz CT molecular complexity index is 348. The molecule has 0 amide bonds. The van der Waals surface area contributed by atoms with Crippen LogP contribution in [0.5, 0.6) is 0 Å². The Morgan fingerprint density at radius 1 is 1.47 bits per heavy atom. The van der Waals surface area contributed by atoms with Gasteiger partial charge >= 0.3 is 0 Å². The molecule has 1 aliphatic carbocycles. The lowest BCUT2D eigenvalue weighted by Crippen LogP contribution is -2.26. The first-order valence-corrected chi connectivity index (χ1v) is 7.72. The van der Waals surface area contributed by atoms with E-state index >= 15 is 0 Å². The fraction of sp³-hybridized carbons (Fsp3) is 0.786. The van der Waals surface area contributed by atoms with Crippen molar-refractivity contribution in [2.24, 2.45) is 18.9 Å². The maximum absolute atomic E-state index is 4.26. The topological polar surface area (TPSA) is 17.8 Å². The molecule has 3 unspecified atom stereocenters. The number of hydrogen-bond acceptors (Lipinski definition) is 1. The summed E-state index contributed by atoms with van der Waals surface area (Å²) in [5, 5.41) is 4.26. The van der Waals surface area contributed by atoms with Gasteiger partial charge in [-0.2, -0.15) is 5.10 Å². The first-order chi connectivity index (χ1) is 8.19. The van der Waals surface area contributed by atoms with Gasteiger partial charge < -0.3 is 0 Å². The van der Waals surface area contributed by atoms with Crippen molar-refractivity contribution in [3.63, 3.8) is 0 Å². The summed E-state index contributed by atoms with van der Waals surface area (Å²) in [5.41, 5.74) is 1.39. The molecular weight excluding hydrogens is 276 g/mol. The van der Waals surface area contributed by atoms with Crippen molar-refractivity contribution in [2.75, 3.05) is 0 Å². The molecule has 0 saturated heterocycles. The molecule has 2 nitrogen and oxygen atoms in total. The quantitative estimate of drug-likeness (QED) is 0.770.